The van der Waals surface area contributed by atoms with E-state index in [2.05, 4.69) is 20.8 Å². The highest BCUT2D eigenvalue weighted by Gasteiger charge is 2.19. The van der Waals surface area contributed by atoms with E-state index in [0.717, 1.165) is 0 Å². The smallest absolute Gasteiger partial charge is 0.253 e. The molecule has 0 aliphatic rings. The summed E-state index contributed by atoms with van der Waals surface area (Å²) in [7, 11) is 0. The van der Waals surface area contributed by atoms with Gasteiger partial charge in [-0.1, -0.05) is 29.4 Å². The van der Waals surface area contributed by atoms with Crippen molar-refractivity contribution < 1.29 is 18.5 Å². The summed E-state index contributed by atoms with van der Waals surface area (Å²) in [5.41, 5.74) is 1.44. The third-order valence-corrected chi connectivity index (χ3v) is 4.40. The van der Waals surface area contributed by atoms with Crippen molar-refractivity contribution in [2.45, 2.75) is 46.1 Å². The van der Waals surface area contributed by atoms with Gasteiger partial charge in [-0.15, -0.1) is 0 Å². The van der Waals surface area contributed by atoms with Crippen molar-refractivity contribution in [1.82, 2.24) is 15.5 Å². The molecule has 0 atom stereocenters. The molecule has 0 aliphatic heterocycles. The summed E-state index contributed by atoms with van der Waals surface area (Å²) >= 11 is 0. The molecule has 2 amide bonds. The minimum Gasteiger partial charge on any atom is -0.347 e. The number of hydrogen-bond acceptors (Lipinski definition) is 5. The Bertz CT molecular complexity index is 1100. The molecule has 0 fully saturated rings. The second-order valence-corrected chi connectivity index (χ2v) is 8.27. The lowest BCUT2D eigenvalue weighted by molar-refractivity contribution is -0.116. The van der Waals surface area contributed by atoms with Gasteiger partial charge in [-0.25, -0.2) is 4.39 Å². The summed E-state index contributed by atoms with van der Waals surface area (Å²) in [5.74, 6) is -0.381. The topological polar surface area (TPSA) is 97.1 Å². The predicted octanol–water partition coefficient (Wildman–Crippen LogP) is 4.28. The second kappa shape index (κ2) is 9.07. The summed E-state index contributed by atoms with van der Waals surface area (Å²) in [4.78, 5) is 29.2. The van der Waals surface area contributed by atoms with Crippen molar-refractivity contribution in [2.24, 2.45) is 0 Å². The number of amides is 2. The lowest BCUT2D eigenvalue weighted by Gasteiger charge is -2.21. The van der Waals surface area contributed by atoms with Gasteiger partial charge in [0.1, 0.15) is 5.82 Å². The second-order valence-electron chi connectivity index (χ2n) is 8.27. The highest BCUT2D eigenvalue weighted by molar-refractivity contribution is 6.04. The van der Waals surface area contributed by atoms with Crippen molar-refractivity contribution in [2.75, 3.05) is 5.32 Å². The molecule has 0 bridgehead atoms. The van der Waals surface area contributed by atoms with Crippen LogP contribution >= 0.6 is 0 Å². The van der Waals surface area contributed by atoms with Crippen molar-refractivity contribution >= 4 is 17.5 Å². The molecule has 8 heteroatoms. The standard InChI is InChI=1S/C23H25FN4O3/c1-14-9-10-15(13-17(14)24)21-26-20(31-28-21)12-11-19(29)25-18-8-6-5-7-16(18)22(30)27-23(2,3)4/h5-10,13H,11-12H2,1-4H3,(H,25,29)(H,27,30). The van der Waals surface area contributed by atoms with Crippen LogP contribution in [0, 0.1) is 12.7 Å². The maximum absolute atomic E-state index is 13.7. The molecule has 1 aromatic heterocycles. The zero-order valence-corrected chi connectivity index (χ0v) is 18.0. The molecule has 31 heavy (non-hydrogen) atoms. The molecule has 162 valence electrons. The summed E-state index contributed by atoms with van der Waals surface area (Å²) in [5, 5.41) is 9.50. The van der Waals surface area contributed by atoms with Gasteiger partial charge in [0.25, 0.3) is 5.91 Å². The van der Waals surface area contributed by atoms with Crippen LogP contribution in [0.2, 0.25) is 0 Å². The first kappa shape index (κ1) is 22.1. The van der Waals surface area contributed by atoms with Crippen LogP contribution in [0.5, 0.6) is 0 Å². The third-order valence-electron chi connectivity index (χ3n) is 4.40. The molecule has 2 aromatic carbocycles. The van der Waals surface area contributed by atoms with Crippen molar-refractivity contribution in [3.05, 3.63) is 65.3 Å². The third kappa shape index (κ3) is 5.97. The Morgan fingerprint density at radius 3 is 2.58 bits per heavy atom. The summed E-state index contributed by atoms with van der Waals surface area (Å²) < 4.78 is 18.9. The molecule has 3 rings (SSSR count). The number of aryl methyl sites for hydroxylation is 2. The van der Waals surface area contributed by atoms with Gasteiger partial charge < -0.3 is 15.2 Å². The van der Waals surface area contributed by atoms with Crippen LogP contribution in [-0.2, 0) is 11.2 Å². The number of carbonyl (C=O) groups excluding carboxylic acids is 2. The van der Waals surface area contributed by atoms with Crippen LogP contribution in [0.15, 0.2) is 47.0 Å². The lowest BCUT2D eigenvalue weighted by Crippen LogP contribution is -2.40. The van der Waals surface area contributed by atoms with E-state index >= 15 is 0 Å². The van der Waals surface area contributed by atoms with Gasteiger partial charge in [0.05, 0.1) is 11.3 Å². The molecule has 0 spiro atoms. The summed E-state index contributed by atoms with van der Waals surface area (Å²) in [6.07, 6.45) is 0.294. The number of nitrogens with zero attached hydrogens (tertiary/aromatic N) is 2. The first-order valence-electron chi connectivity index (χ1n) is 9.93. The Labute approximate surface area is 180 Å². The minimum absolute atomic E-state index is 0.0825. The van der Waals surface area contributed by atoms with Gasteiger partial charge in [-0.05, 0) is 51.5 Å². The first-order chi connectivity index (χ1) is 14.6. The van der Waals surface area contributed by atoms with Gasteiger partial charge in [-0.3, -0.25) is 9.59 Å². The number of rotatable bonds is 6. The first-order valence-corrected chi connectivity index (χ1v) is 9.93. The van der Waals surface area contributed by atoms with Crippen molar-refractivity contribution in [3.63, 3.8) is 0 Å². The van der Waals surface area contributed by atoms with Crippen LogP contribution < -0.4 is 10.6 Å². The normalized spacial score (nSPS) is 11.3. The highest BCUT2D eigenvalue weighted by atomic mass is 19.1. The molecular formula is C23H25FN4O3. The molecular weight excluding hydrogens is 399 g/mol. The van der Waals surface area contributed by atoms with E-state index < -0.39 is 5.54 Å². The molecule has 0 saturated carbocycles. The van der Waals surface area contributed by atoms with Crippen molar-refractivity contribution in [1.29, 1.82) is 0 Å². The number of halogens is 1. The molecule has 0 radical (unpaired) electrons. The Hall–Kier alpha value is -3.55. The van der Waals surface area contributed by atoms with Gasteiger partial charge in [-0.2, -0.15) is 4.98 Å². The zero-order valence-electron chi connectivity index (χ0n) is 18.0. The van der Waals surface area contributed by atoms with E-state index in [4.69, 9.17) is 4.52 Å². The SMILES string of the molecule is Cc1ccc(-c2noc(CCC(=O)Nc3ccccc3C(=O)NC(C)(C)C)n2)cc1F. The van der Waals surface area contributed by atoms with Crippen molar-refractivity contribution in [3.8, 4) is 11.4 Å². The lowest BCUT2D eigenvalue weighted by atomic mass is 10.1. The van der Waals surface area contributed by atoms with Gasteiger partial charge in [0, 0.05) is 23.9 Å². The molecule has 0 unspecified atom stereocenters. The van der Waals surface area contributed by atoms with E-state index in [1.54, 1.807) is 43.3 Å². The van der Waals surface area contributed by atoms with Crippen LogP contribution in [0.4, 0.5) is 10.1 Å². The van der Waals surface area contributed by atoms with Crippen LogP contribution in [0.3, 0.4) is 0 Å². The van der Waals surface area contributed by atoms with E-state index in [9.17, 15) is 14.0 Å². The fraction of sp³-hybridized carbons (Fsp3) is 0.304. The molecule has 7 nitrogen and oxygen atoms in total. The fourth-order valence-corrected chi connectivity index (χ4v) is 2.84. The average Bonchev–Trinajstić information content (AvgIpc) is 3.17. The van der Waals surface area contributed by atoms with Gasteiger partial charge in [0.2, 0.25) is 17.6 Å². The summed E-state index contributed by atoms with van der Waals surface area (Å²) in [6, 6.07) is 11.5. The fourth-order valence-electron chi connectivity index (χ4n) is 2.84. The minimum atomic E-state index is -0.399. The number of hydrogen-bond donors (Lipinski definition) is 2. The quantitative estimate of drug-likeness (QED) is 0.615. The summed E-state index contributed by atoms with van der Waals surface area (Å²) in [6.45, 7) is 7.32. The number of para-hydroxylation sites is 1. The van der Waals surface area contributed by atoms with Crippen LogP contribution in [-0.4, -0.2) is 27.5 Å². The molecule has 0 saturated heterocycles. The molecule has 0 aliphatic carbocycles. The average molecular weight is 424 g/mol. The maximum Gasteiger partial charge on any atom is 0.253 e. The number of benzene rings is 2. The Morgan fingerprint density at radius 2 is 1.87 bits per heavy atom. The Balaban J connectivity index is 1.62. The van der Waals surface area contributed by atoms with E-state index in [0.29, 0.717) is 22.4 Å². The highest BCUT2D eigenvalue weighted by Crippen LogP contribution is 2.20. The van der Waals surface area contributed by atoms with E-state index in [-0.39, 0.29) is 42.2 Å². The van der Waals surface area contributed by atoms with E-state index in [1.165, 1.54) is 6.07 Å². The van der Waals surface area contributed by atoms with Crippen LogP contribution in [0.1, 0.15) is 49.0 Å². The largest absolute Gasteiger partial charge is 0.347 e. The number of nitrogens with one attached hydrogen (secondary N) is 2. The van der Waals surface area contributed by atoms with E-state index in [1.807, 2.05) is 20.8 Å². The maximum atomic E-state index is 13.7. The Kier molecular flexibility index (Phi) is 6.48. The predicted molar refractivity (Wildman–Crippen MR) is 115 cm³/mol. The molecule has 2 N–H and O–H groups in total. The van der Waals surface area contributed by atoms with Gasteiger partial charge >= 0.3 is 0 Å². The number of anilines is 1. The molecule has 3 aromatic rings. The van der Waals surface area contributed by atoms with Gasteiger partial charge in [0.15, 0.2) is 0 Å². The molecule has 1 heterocycles. The zero-order chi connectivity index (χ0) is 22.6. The monoisotopic (exact) mass is 424 g/mol. The number of carbonyl (C=O) groups is 2. The Morgan fingerprint density at radius 1 is 1.13 bits per heavy atom. The number of aromatic nitrogens is 2. The van der Waals surface area contributed by atoms with Crippen LogP contribution in [0.25, 0.3) is 11.4 Å².